The molecule has 0 saturated heterocycles. The van der Waals surface area contributed by atoms with Crippen LogP contribution in [0.25, 0.3) is 16.9 Å². The summed E-state index contributed by atoms with van der Waals surface area (Å²) in [5.41, 5.74) is 2.19. The maximum atomic E-state index is 13.0. The number of nitrogens with one attached hydrogen (secondary N) is 1. The number of imidazole rings is 1. The monoisotopic (exact) mass is 417 g/mol. The third-order valence-corrected chi connectivity index (χ3v) is 4.21. The van der Waals surface area contributed by atoms with E-state index in [2.05, 4.69) is 25.0 Å². The van der Waals surface area contributed by atoms with Crippen molar-refractivity contribution in [3.8, 4) is 11.6 Å². The first-order chi connectivity index (χ1) is 14.3. The molecule has 0 atom stereocenters. The summed E-state index contributed by atoms with van der Waals surface area (Å²) in [7, 11) is 0. The summed E-state index contributed by atoms with van der Waals surface area (Å²) in [6, 6.07) is 12.7. The van der Waals surface area contributed by atoms with Gasteiger partial charge >= 0.3 is 12.5 Å². The number of benzene rings is 2. The highest BCUT2D eigenvalue weighted by Gasteiger charge is 2.43. The van der Waals surface area contributed by atoms with Gasteiger partial charge in [-0.2, -0.15) is 17.6 Å². The highest BCUT2D eigenvalue weighted by molar-refractivity contribution is 5.77. The number of ether oxygens (including phenoxy) is 1. The van der Waals surface area contributed by atoms with Crippen molar-refractivity contribution in [2.75, 3.05) is 5.32 Å². The lowest BCUT2D eigenvalue weighted by atomic mass is 10.3. The number of rotatable bonds is 6. The molecule has 4 rings (SSSR count). The van der Waals surface area contributed by atoms with Gasteiger partial charge < -0.3 is 10.1 Å². The Morgan fingerprint density at radius 2 is 1.73 bits per heavy atom. The third kappa shape index (κ3) is 3.88. The molecular weight excluding hydrogens is 402 g/mol. The van der Waals surface area contributed by atoms with Crippen LogP contribution in [0.3, 0.4) is 0 Å². The molecule has 0 unspecified atom stereocenters. The highest BCUT2D eigenvalue weighted by atomic mass is 19.3. The van der Waals surface area contributed by atoms with Gasteiger partial charge in [0.25, 0.3) is 0 Å². The Balaban J connectivity index is 1.56. The fourth-order valence-electron chi connectivity index (χ4n) is 2.92. The number of para-hydroxylation sites is 2. The first-order valence-electron chi connectivity index (χ1n) is 8.82. The van der Waals surface area contributed by atoms with E-state index in [9.17, 15) is 17.6 Å². The molecule has 0 aliphatic rings. The van der Waals surface area contributed by atoms with Crippen molar-refractivity contribution in [3.63, 3.8) is 0 Å². The summed E-state index contributed by atoms with van der Waals surface area (Å²) in [6.45, 7) is 1.86. The average Bonchev–Trinajstić information content (AvgIpc) is 3.05. The number of alkyl halides is 4. The fraction of sp³-hybridized carbons (Fsp3) is 0.150. The van der Waals surface area contributed by atoms with Crippen LogP contribution in [0.2, 0.25) is 0 Å². The molecule has 154 valence electrons. The molecule has 0 aliphatic carbocycles. The van der Waals surface area contributed by atoms with E-state index in [1.165, 1.54) is 18.3 Å². The molecule has 0 spiro atoms. The second-order valence-corrected chi connectivity index (χ2v) is 6.36. The maximum Gasteiger partial charge on any atom is 0.461 e. The van der Waals surface area contributed by atoms with Crippen molar-refractivity contribution in [1.82, 2.24) is 19.5 Å². The molecule has 0 amide bonds. The molecule has 4 aromatic rings. The van der Waals surface area contributed by atoms with Crippen molar-refractivity contribution < 1.29 is 22.3 Å². The predicted octanol–water partition coefficient (Wildman–Crippen LogP) is 5.10. The van der Waals surface area contributed by atoms with E-state index in [0.717, 1.165) is 29.0 Å². The minimum Gasteiger partial charge on any atom is -0.428 e. The van der Waals surface area contributed by atoms with Crippen LogP contribution >= 0.6 is 0 Å². The molecule has 2 heterocycles. The number of aryl methyl sites for hydroxylation is 1. The van der Waals surface area contributed by atoms with Gasteiger partial charge in [0.15, 0.2) is 11.6 Å². The second-order valence-electron chi connectivity index (χ2n) is 6.36. The number of nitrogens with zero attached hydrogens (tertiary/aromatic N) is 4. The van der Waals surface area contributed by atoms with Gasteiger partial charge in [0.2, 0.25) is 0 Å². The number of hydrogen-bond donors (Lipinski definition) is 1. The van der Waals surface area contributed by atoms with Crippen molar-refractivity contribution in [1.29, 1.82) is 0 Å². The molecule has 2 aromatic carbocycles. The van der Waals surface area contributed by atoms with E-state index in [-0.39, 0.29) is 5.75 Å². The van der Waals surface area contributed by atoms with E-state index >= 15 is 0 Å². The minimum atomic E-state index is -4.56. The van der Waals surface area contributed by atoms with E-state index in [1.807, 2.05) is 35.8 Å². The quantitative estimate of drug-likeness (QED) is 0.442. The van der Waals surface area contributed by atoms with Gasteiger partial charge in [-0.15, -0.1) is 0 Å². The first-order valence-corrected chi connectivity index (χ1v) is 8.82. The van der Waals surface area contributed by atoms with Gasteiger partial charge in [0.1, 0.15) is 11.6 Å². The van der Waals surface area contributed by atoms with E-state index in [0.29, 0.717) is 17.3 Å². The van der Waals surface area contributed by atoms with Crippen LogP contribution in [0.5, 0.6) is 5.75 Å². The molecule has 30 heavy (non-hydrogen) atoms. The van der Waals surface area contributed by atoms with Crippen LogP contribution in [-0.4, -0.2) is 32.1 Å². The van der Waals surface area contributed by atoms with E-state index in [4.69, 9.17) is 0 Å². The standard InChI is InChI=1S/C20H15F4N5O/c1-12-26-15-4-2-3-5-16(15)29(12)18-11-25-10-17(28-18)27-13-6-8-14(9-7-13)30-20(23,24)19(21)22/h2-11,19H,1H3,(H,27,28). The second kappa shape index (κ2) is 7.62. The third-order valence-electron chi connectivity index (χ3n) is 4.21. The molecule has 0 fully saturated rings. The Kier molecular flexibility index (Phi) is 4.98. The molecule has 0 bridgehead atoms. The van der Waals surface area contributed by atoms with E-state index in [1.54, 1.807) is 6.20 Å². The lowest BCUT2D eigenvalue weighted by molar-refractivity contribution is -0.253. The SMILES string of the molecule is Cc1nc2ccccc2n1-c1cncc(Nc2ccc(OC(F)(F)C(F)F)cc2)n1. The Morgan fingerprint density at radius 1 is 1.00 bits per heavy atom. The Hall–Kier alpha value is -3.69. The van der Waals surface area contributed by atoms with Crippen LogP contribution in [0.15, 0.2) is 60.9 Å². The molecule has 0 aliphatic heterocycles. The van der Waals surface area contributed by atoms with Crippen molar-refractivity contribution in [2.24, 2.45) is 0 Å². The lowest BCUT2D eigenvalue weighted by Gasteiger charge is -2.17. The number of anilines is 2. The number of hydrogen-bond acceptors (Lipinski definition) is 5. The molecule has 2 aromatic heterocycles. The summed E-state index contributed by atoms with van der Waals surface area (Å²) < 4.78 is 56.3. The summed E-state index contributed by atoms with van der Waals surface area (Å²) in [5, 5.41) is 2.99. The number of fused-ring (bicyclic) bond motifs is 1. The van der Waals surface area contributed by atoms with Gasteiger partial charge in [-0.25, -0.2) is 9.97 Å². The van der Waals surface area contributed by atoms with Crippen LogP contribution in [0, 0.1) is 6.92 Å². The van der Waals surface area contributed by atoms with Gasteiger partial charge in [-0.1, -0.05) is 12.1 Å². The minimum absolute atomic E-state index is 0.383. The van der Waals surface area contributed by atoms with Crippen LogP contribution < -0.4 is 10.1 Å². The summed E-state index contributed by atoms with van der Waals surface area (Å²) in [5.74, 6) is 1.30. The van der Waals surface area contributed by atoms with Crippen LogP contribution in [0.4, 0.5) is 29.1 Å². The molecule has 1 N–H and O–H groups in total. The van der Waals surface area contributed by atoms with E-state index < -0.39 is 12.5 Å². The summed E-state index contributed by atoms with van der Waals surface area (Å²) in [4.78, 5) is 13.2. The van der Waals surface area contributed by atoms with Gasteiger partial charge in [-0.05, 0) is 43.3 Å². The molecule has 6 nitrogen and oxygen atoms in total. The van der Waals surface area contributed by atoms with Crippen LogP contribution in [-0.2, 0) is 0 Å². The van der Waals surface area contributed by atoms with Crippen molar-refractivity contribution >= 4 is 22.5 Å². The van der Waals surface area contributed by atoms with Crippen molar-refractivity contribution in [2.45, 2.75) is 19.5 Å². The largest absolute Gasteiger partial charge is 0.461 e. The maximum absolute atomic E-state index is 13.0. The highest BCUT2D eigenvalue weighted by Crippen LogP contribution is 2.29. The topological polar surface area (TPSA) is 64.9 Å². The van der Waals surface area contributed by atoms with Gasteiger partial charge in [-0.3, -0.25) is 9.55 Å². The van der Waals surface area contributed by atoms with Crippen LogP contribution in [0.1, 0.15) is 5.82 Å². The number of halogens is 4. The number of aromatic nitrogens is 4. The molecular formula is C20H15F4N5O. The van der Waals surface area contributed by atoms with Crippen molar-refractivity contribution in [3.05, 3.63) is 66.7 Å². The smallest absolute Gasteiger partial charge is 0.428 e. The summed E-state index contributed by atoms with van der Waals surface area (Å²) >= 11 is 0. The zero-order valence-corrected chi connectivity index (χ0v) is 15.6. The normalized spacial score (nSPS) is 11.8. The molecule has 0 radical (unpaired) electrons. The lowest BCUT2D eigenvalue weighted by Crippen LogP contribution is -2.33. The molecule has 0 saturated carbocycles. The zero-order chi connectivity index (χ0) is 21.3. The van der Waals surface area contributed by atoms with Gasteiger partial charge in [0, 0.05) is 5.69 Å². The Bertz CT molecular complexity index is 1180. The zero-order valence-electron chi connectivity index (χ0n) is 15.6. The fourth-order valence-corrected chi connectivity index (χ4v) is 2.92. The summed E-state index contributed by atoms with van der Waals surface area (Å²) in [6.07, 6.45) is -5.39. The Morgan fingerprint density at radius 3 is 2.47 bits per heavy atom. The van der Waals surface area contributed by atoms with Gasteiger partial charge in [0.05, 0.1) is 23.4 Å². The Labute approximate surface area is 168 Å². The average molecular weight is 417 g/mol. The molecule has 10 heteroatoms. The predicted molar refractivity (Wildman–Crippen MR) is 103 cm³/mol. The first kappa shape index (κ1) is 19.6.